The maximum absolute atomic E-state index is 13.5. The second-order valence-electron chi connectivity index (χ2n) is 7.17. The van der Waals surface area contributed by atoms with Crippen molar-refractivity contribution in [1.29, 1.82) is 0 Å². The highest BCUT2D eigenvalue weighted by atomic mass is 19.1. The number of amides is 2. The molecule has 1 aliphatic rings. The summed E-state index contributed by atoms with van der Waals surface area (Å²) in [6, 6.07) is 18.0. The summed E-state index contributed by atoms with van der Waals surface area (Å²) in [5.41, 5.74) is 1.80. The number of carbonyl (C=O) groups excluding carboxylic acids is 2. The smallest absolute Gasteiger partial charge is 0.278 e. The number of hydrogen-bond donors (Lipinski definition) is 1. The molecule has 0 fully saturated rings. The third kappa shape index (κ3) is 4.37. The third-order valence-corrected chi connectivity index (χ3v) is 4.97. The van der Waals surface area contributed by atoms with E-state index < -0.39 is 23.4 Å². The molecule has 0 saturated heterocycles. The van der Waals surface area contributed by atoms with Gasteiger partial charge >= 0.3 is 0 Å². The number of carbonyl (C=O) groups is 2. The molecule has 5 nitrogen and oxygen atoms in total. The standard InChI is InChI=1S/C25H20F2N2O3/c1-2-32-21-5-3-4-20(14-21)28-23-22(17-8-12-19(27)13-9-17)24(30)29(25(23)31)15-16-6-10-18(26)11-7-16/h3-14,28H,2,15H2,1H3. The topological polar surface area (TPSA) is 58.6 Å². The molecule has 2 amide bonds. The van der Waals surface area contributed by atoms with Gasteiger partial charge in [0.15, 0.2) is 0 Å². The number of halogens is 2. The van der Waals surface area contributed by atoms with Crippen LogP contribution in [0.3, 0.4) is 0 Å². The van der Waals surface area contributed by atoms with Crippen LogP contribution in [0.2, 0.25) is 0 Å². The lowest BCUT2D eigenvalue weighted by Gasteiger charge is -2.15. The summed E-state index contributed by atoms with van der Waals surface area (Å²) in [4.78, 5) is 27.6. The fourth-order valence-corrected chi connectivity index (χ4v) is 3.47. The van der Waals surface area contributed by atoms with Crippen LogP contribution in [0.5, 0.6) is 5.75 Å². The number of ether oxygens (including phenoxy) is 1. The third-order valence-electron chi connectivity index (χ3n) is 4.97. The second kappa shape index (κ2) is 9.01. The Kier molecular flexibility index (Phi) is 5.98. The minimum Gasteiger partial charge on any atom is -0.494 e. The quantitative estimate of drug-likeness (QED) is 0.545. The molecular formula is C25H20F2N2O3. The van der Waals surface area contributed by atoms with Crippen molar-refractivity contribution >= 4 is 23.1 Å². The first-order chi connectivity index (χ1) is 15.5. The van der Waals surface area contributed by atoms with E-state index in [0.29, 0.717) is 29.2 Å². The molecule has 0 radical (unpaired) electrons. The van der Waals surface area contributed by atoms with Gasteiger partial charge in [0, 0.05) is 11.8 Å². The van der Waals surface area contributed by atoms with Crippen molar-refractivity contribution in [1.82, 2.24) is 4.90 Å². The first-order valence-corrected chi connectivity index (χ1v) is 10.1. The van der Waals surface area contributed by atoms with Gasteiger partial charge in [-0.25, -0.2) is 8.78 Å². The molecule has 162 valence electrons. The lowest BCUT2D eigenvalue weighted by Crippen LogP contribution is -2.32. The summed E-state index contributed by atoms with van der Waals surface area (Å²) in [6.07, 6.45) is 0. The van der Waals surface area contributed by atoms with Gasteiger partial charge in [-0.3, -0.25) is 14.5 Å². The Bertz CT molecular complexity index is 1190. The van der Waals surface area contributed by atoms with E-state index in [4.69, 9.17) is 4.74 Å². The molecule has 1 aliphatic heterocycles. The molecule has 1 heterocycles. The number of nitrogens with one attached hydrogen (secondary N) is 1. The van der Waals surface area contributed by atoms with Gasteiger partial charge in [0.1, 0.15) is 23.1 Å². The van der Waals surface area contributed by atoms with Crippen LogP contribution in [0.15, 0.2) is 78.5 Å². The van der Waals surface area contributed by atoms with E-state index in [2.05, 4.69) is 5.32 Å². The fraction of sp³-hybridized carbons (Fsp3) is 0.120. The Balaban J connectivity index is 1.71. The highest BCUT2D eigenvalue weighted by Crippen LogP contribution is 2.32. The molecule has 0 aromatic heterocycles. The van der Waals surface area contributed by atoms with Crippen LogP contribution in [0.25, 0.3) is 5.57 Å². The summed E-state index contributed by atoms with van der Waals surface area (Å²) >= 11 is 0. The molecule has 3 aromatic carbocycles. The van der Waals surface area contributed by atoms with Gasteiger partial charge in [-0.1, -0.05) is 30.3 Å². The van der Waals surface area contributed by atoms with Gasteiger partial charge in [-0.2, -0.15) is 0 Å². The van der Waals surface area contributed by atoms with E-state index in [1.54, 1.807) is 24.3 Å². The predicted octanol–water partition coefficient (Wildman–Crippen LogP) is 4.76. The van der Waals surface area contributed by atoms with Crippen molar-refractivity contribution < 1.29 is 23.1 Å². The van der Waals surface area contributed by atoms with Crippen molar-refractivity contribution in [2.75, 3.05) is 11.9 Å². The predicted molar refractivity (Wildman–Crippen MR) is 117 cm³/mol. The van der Waals surface area contributed by atoms with Crippen LogP contribution in [-0.4, -0.2) is 23.3 Å². The van der Waals surface area contributed by atoms with Crippen molar-refractivity contribution in [3.63, 3.8) is 0 Å². The first-order valence-electron chi connectivity index (χ1n) is 10.1. The summed E-state index contributed by atoms with van der Waals surface area (Å²) < 4.78 is 32.2. The largest absolute Gasteiger partial charge is 0.494 e. The molecule has 0 unspecified atom stereocenters. The molecule has 7 heteroatoms. The minimum atomic E-state index is -0.527. The zero-order valence-corrected chi connectivity index (χ0v) is 17.3. The van der Waals surface area contributed by atoms with E-state index in [0.717, 1.165) is 4.90 Å². The van der Waals surface area contributed by atoms with Gasteiger partial charge in [-0.05, 0) is 54.4 Å². The molecule has 1 N–H and O–H groups in total. The minimum absolute atomic E-state index is 0.0210. The summed E-state index contributed by atoms with van der Waals surface area (Å²) in [5, 5.41) is 3.04. The maximum Gasteiger partial charge on any atom is 0.278 e. The van der Waals surface area contributed by atoms with Gasteiger partial charge in [0.25, 0.3) is 11.8 Å². The molecule has 0 atom stereocenters. The Labute approximate surface area is 183 Å². The monoisotopic (exact) mass is 434 g/mol. The zero-order valence-electron chi connectivity index (χ0n) is 17.3. The molecule has 4 rings (SSSR count). The average molecular weight is 434 g/mol. The molecule has 0 spiro atoms. The van der Waals surface area contributed by atoms with E-state index in [1.165, 1.54) is 48.5 Å². The number of imide groups is 1. The Morgan fingerprint density at radius 2 is 1.53 bits per heavy atom. The van der Waals surface area contributed by atoms with E-state index in [-0.39, 0.29) is 17.8 Å². The Morgan fingerprint density at radius 1 is 0.875 bits per heavy atom. The number of rotatable bonds is 7. The van der Waals surface area contributed by atoms with Gasteiger partial charge in [-0.15, -0.1) is 0 Å². The van der Waals surface area contributed by atoms with Crippen molar-refractivity contribution in [2.24, 2.45) is 0 Å². The van der Waals surface area contributed by atoms with Gasteiger partial charge < -0.3 is 10.1 Å². The van der Waals surface area contributed by atoms with E-state index in [1.807, 2.05) is 6.92 Å². The van der Waals surface area contributed by atoms with Gasteiger partial charge in [0.05, 0.1) is 18.7 Å². The van der Waals surface area contributed by atoms with Crippen LogP contribution < -0.4 is 10.1 Å². The van der Waals surface area contributed by atoms with Crippen molar-refractivity contribution in [3.8, 4) is 5.75 Å². The van der Waals surface area contributed by atoms with E-state index >= 15 is 0 Å². The Morgan fingerprint density at radius 3 is 2.19 bits per heavy atom. The number of anilines is 1. The van der Waals surface area contributed by atoms with Crippen LogP contribution in [-0.2, 0) is 16.1 Å². The zero-order chi connectivity index (χ0) is 22.7. The number of nitrogens with zero attached hydrogens (tertiary/aromatic N) is 1. The molecule has 0 saturated carbocycles. The highest BCUT2D eigenvalue weighted by Gasteiger charge is 2.39. The maximum atomic E-state index is 13.5. The molecule has 0 bridgehead atoms. The first kappa shape index (κ1) is 21.2. The normalized spacial score (nSPS) is 13.7. The van der Waals surface area contributed by atoms with Crippen LogP contribution in [0, 0.1) is 11.6 Å². The number of benzene rings is 3. The Hall–Kier alpha value is -4.00. The molecule has 3 aromatic rings. The highest BCUT2D eigenvalue weighted by molar-refractivity contribution is 6.36. The second-order valence-corrected chi connectivity index (χ2v) is 7.17. The van der Waals surface area contributed by atoms with Crippen molar-refractivity contribution in [2.45, 2.75) is 13.5 Å². The number of hydrogen-bond acceptors (Lipinski definition) is 4. The average Bonchev–Trinajstić information content (AvgIpc) is 3.01. The van der Waals surface area contributed by atoms with E-state index in [9.17, 15) is 18.4 Å². The molecule has 32 heavy (non-hydrogen) atoms. The fourth-order valence-electron chi connectivity index (χ4n) is 3.47. The van der Waals surface area contributed by atoms with Crippen LogP contribution in [0.1, 0.15) is 18.1 Å². The lowest BCUT2D eigenvalue weighted by atomic mass is 10.0. The van der Waals surface area contributed by atoms with Crippen LogP contribution >= 0.6 is 0 Å². The molecular weight excluding hydrogens is 414 g/mol. The SMILES string of the molecule is CCOc1cccc(NC2=C(c3ccc(F)cc3)C(=O)N(Cc3ccc(F)cc3)C2=O)c1. The van der Waals surface area contributed by atoms with Gasteiger partial charge in [0.2, 0.25) is 0 Å². The summed E-state index contributed by atoms with van der Waals surface area (Å²) in [5.74, 6) is -1.29. The van der Waals surface area contributed by atoms with Crippen LogP contribution in [0.4, 0.5) is 14.5 Å². The summed E-state index contributed by atoms with van der Waals surface area (Å²) in [6.45, 7) is 2.32. The van der Waals surface area contributed by atoms with Crippen molar-refractivity contribution in [3.05, 3.63) is 101 Å². The molecule has 0 aliphatic carbocycles. The lowest BCUT2D eigenvalue weighted by molar-refractivity contribution is -0.137. The summed E-state index contributed by atoms with van der Waals surface area (Å²) in [7, 11) is 0.